The van der Waals surface area contributed by atoms with Crippen molar-refractivity contribution >= 4 is 11.9 Å². The van der Waals surface area contributed by atoms with Crippen molar-refractivity contribution in [3.05, 3.63) is 24.3 Å². The Bertz CT molecular complexity index is 954. The molecule has 1 aliphatic heterocycles. The number of aliphatic hydroxyl groups is 4. The van der Waals surface area contributed by atoms with Crippen LogP contribution in [-0.2, 0) is 28.5 Å². The molecule has 1 fully saturated rings. The Morgan fingerprint density at radius 1 is 0.545 bits per heavy atom. The zero-order valence-electron chi connectivity index (χ0n) is 34.9. The van der Waals surface area contributed by atoms with Crippen LogP contribution < -0.4 is 0 Å². The van der Waals surface area contributed by atoms with Gasteiger partial charge in [0.1, 0.15) is 31.0 Å². The van der Waals surface area contributed by atoms with Crippen LogP contribution in [0.25, 0.3) is 0 Å². The summed E-state index contributed by atoms with van der Waals surface area (Å²) in [4.78, 5) is 25.3. The molecule has 1 rings (SSSR count). The minimum absolute atomic E-state index is 0.147. The maximum absolute atomic E-state index is 12.7. The van der Waals surface area contributed by atoms with Gasteiger partial charge >= 0.3 is 11.9 Å². The SMILES string of the molecule is CCCCCCCC/C=C/CCCCCCCC(=O)OC[C@@H](CO[C@H]1O[C@@H](CO)[C@@H](O)C(O)C1O)OC(=O)CC/C=C/CCCCCCCCCCCCC. The molecule has 322 valence electrons. The number of allylic oxidation sites excluding steroid dienone is 4. The lowest BCUT2D eigenvalue weighted by atomic mass is 9.99. The van der Waals surface area contributed by atoms with Crippen LogP contribution in [-0.4, -0.2) is 89.0 Å². The monoisotopic (exact) mass is 783 g/mol. The summed E-state index contributed by atoms with van der Waals surface area (Å²) in [5.74, 6) is -0.869. The van der Waals surface area contributed by atoms with Crippen LogP contribution in [0.4, 0.5) is 0 Å². The van der Waals surface area contributed by atoms with Crippen molar-refractivity contribution in [1.29, 1.82) is 0 Å². The summed E-state index contributed by atoms with van der Waals surface area (Å²) < 4.78 is 22.1. The van der Waals surface area contributed by atoms with Gasteiger partial charge in [0.15, 0.2) is 12.4 Å². The largest absolute Gasteiger partial charge is 0.462 e. The van der Waals surface area contributed by atoms with E-state index in [0.29, 0.717) is 12.8 Å². The van der Waals surface area contributed by atoms with Gasteiger partial charge in [-0.15, -0.1) is 0 Å². The van der Waals surface area contributed by atoms with E-state index >= 15 is 0 Å². The summed E-state index contributed by atoms with van der Waals surface area (Å²) in [6, 6.07) is 0. The van der Waals surface area contributed by atoms with Crippen molar-refractivity contribution in [2.24, 2.45) is 0 Å². The van der Waals surface area contributed by atoms with E-state index in [-0.39, 0.29) is 26.1 Å². The van der Waals surface area contributed by atoms with Crippen molar-refractivity contribution in [2.75, 3.05) is 19.8 Å². The zero-order chi connectivity index (χ0) is 40.2. The van der Waals surface area contributed by atoms with Crippen molar-refractivity contribution in [2.45, 2.75) is 230 Å². The molecule has 1 saturated heterocycles. The number of unbranched alkanes of at least 4 members (excludes halogenated alkanes) is 22. The van der Waals surface area contributed by atoms with Crippen molar-refractivity contribution < 1.29 is 49.0 Å². The first-order valence-electron chi connectivity index (χ1n) is 22.4. The average Bonchev–Trinajstić information content (AvgIpc) is 3.18. The maximum atomic E-state index is 12.7. The number of hydrogen-bond donors (Lipinski definition) is 4. The van der Waals surface area contributed by atoms with Crippen molar-refractivity contribution in [3.63, 3.8) is 0 Å². The molecule has 0 aliphatic carbocycles. The van der Waals surface area contributed by atoms with Gasteiger partial charge in [-0.25, -0.2) is 0 Å². The first-order chi connectivity index (χ1) is 26.8. The second kappa shape index (κ2) is 36.5. The number of ether oxygens (including phenoxy) is 4. The molecule has 0 bridgehead atoms. The quantitative estimate of drug-likeness (QED) is 0.0273. The van der Waals surface area contributed by atoms with Gasteiger partial charge in [-0.3, -0.25) is 9.59 Å². The Morgan fingerprint density at radius 3 is 1.49 bits per heavy atom. The molecule has 0 saturated carbocycles. The fourth-order valence-electron chi connectivity index (χ4n) is 6.73. The van der Waals surface area contributed by atoms with Crippen LogP contribution >= 0.6 is 0 Å². The van der Waals surface area contributed by atoms with E-state index in [1.54, 1.807) is 0 Å². The van der Waals surface area contributed by atoms with Gasteiger partial charge in [-0.05, 0) is 51.4 Å². The van der Waals surface area contributed by atoms with E-state index in [9.17, 15) is 30.0 Å². The Kier molecular flexibility index (Phi) is 34.0. The molecular weight excluding hydrogens is 700 g/mol. The lowest BCUT2D eigenvalue weighted by Crippen LogP contribution is -2.59. The molecule has 0 aromatic heterocycles. The third kappa shape index (κ3) is 28.3. The number of carbonyl (C=O) groups excluding carboxylic acids is 2. The summed E-state index contributed by atoms with van der Waals surface area (Å²) in [5, 5.41) is 40.0. The van der Waals surface area contributed by atoms with Gasteiger partial charge in [-0.1, -0.05) is 154 Å². The summed E-state index contributed by atoms with van der Waals surface area (Å²) in [6.45, 7) is 3.38. The maximum Gasteiger partial charge on any atom is 0.306 e. The molecule has 0 amide bonds. The van der Waals surface area contributed by atoms with E-state index in [1.165, 1.54) is 109 Å². The number of rotatable bonds is 37. The average molecular weight is 783 g/mol. The molecule has 1 aliphatic rings. The van der Waals surface area contributed by atoms with Gasteiger partial charge in [0.2, 0.25) is 0 Å². The minimum Gasteiger partial charge on any atom is -0.462 e. The highest BCUT2D eigenvalue weighted by Gasteiger charge is 2.44. The van der Waals surface area contributed by atoms with Crippen LogP contribution in [0.3, 0.4) is 0 Å². The molecule has 4 N–H and O–H groups in total. The zero-order valence-corrected chi connectivity index (χ0v) is 34.9. The standard InChI is InChI=1S/C45H82O10/c1-3-5-7-9-11-13-15-17-19-21-23-25-27-29-31-33-40(47)52-36-38(37-53-45-44(51)43(50)42(49)39(35-46)55-45)54-41(48)34-32-30-28-26-24-22-20-18-16-14-12-10-8-6-4-2/h17,19,28,30,38-39,42-46,49-51H,3-16,18,20-27,29,31-37H2,1-2H3/b19-17+,30-28+/t38-,39-,42+,43?,44?,45-/m0/s1. The van der Waals surface area contributed by atoms with E-state index in [1.807, 2.05) is 6.08 Å². The number of esters is 2. The predicted molar refractivity (Wildman–Crippen MR) is 219 cm³/mol. The third-order valence-electron chi connectivity index (χ3n) is 10.3. The number of hydrogen-bond acceptors (Lipinski definition) is 10. The van der Waals surface area contributed by atoms with Gasteiger partial charge in [0.05, 0.1) is 13.2 Å². The van der Waals surface area contributed by atoms with Crippen molar-refractivity contribution in [1.82, 2.24) is 0 Å². The Balaban J connectivity index is 2.36. The first-order valence-corrected chi connectivity index (χ1v) is 22.4. The fourth-order valence-corrected chi connectivity index (χ4v) is 6.73. The smallest absolute Gasteiger partial charge is 0.306 e. The second-order valence-electron chi connectivity index (χ2n) is 15.5. The molecular formula is C45H82O10. The van der Waals surface area contributed by atoms with Crippen LogP contribution in [0.2, 0.25) is 0 Å². The summed E-state index contributed by atoms with van der Waals surface area (Å²) in [7, 11) is 0. The summed E-state index contributed by atoms with van der Waals surface area (Å²) in [6.07, 6.45) is 31.9. The Morgan fingerprint density at radius 2 is 1.00 bits per heavy atom. The molecule has 2 unspecified atom stereocenters. The molecule has 10 nitrogen and oxygen atoms in total. The summed E-state index contributed by atoms with van der Waals surface area (Å²) >= 11 is 0. The van der Waals surface area contributed by atoms with Gasteiger partial charge in [-0.2, -0.15) is 0 Å². The highest BCUT2D eigenvalue weighted by molar-refractivity contribution is 5.70. The highest BCUT2D eigenvalue weighted by Crippen LogP contribution is 2.22. The molecule has 0 aromatic rings. The minimum atomic E-state index is -1.60. The third-order valence-corrected chi connectivity index (χ3v) is 10.3. The van der Waals surface area contributed by atoms with E-state index in [4.69, 9.17) is 18.9 Å². The number of aliphatic hydroxyl groups excluding tert-OH is 4. The van der Waals surface area contributed by atoms with E-state index < -0.39 is 55.4 Å². The van der Waals surface area contributed by atoms with Crippen LogP contribution in [0.1, 0.15) is 194 Å². The molecule has 0 radical (unpaired) electrons. The second-order valence-corrected chi connectivity index (χ2v) is 15.5. The lowest BCUT2D eigenvalue weighted by Gasteiger charge is -2.39. The van der Waals surface area contributed by atoms with Crippen LogP contribution in [0.15, 0.2) is 24.3 Å². The molecule has 0 aromatic carbocycles. The first kappa shape index (κ1) is 51.2. The summed E-state index contributed by atoms with van der Waals surface area (Å²) in [5.41, 5.74) is 0. The normalized spacial score (nSPS) is 20.7. The van der Waals surface area contributed by atoms with E-state index in [2.05, 4.69) is 32.1 Å². The Labute approximate surface area is 334 Å². The molecule has 1 heterocycles. The fraction of sp³-hybridized carbons (Fsp3) is 0.867. The lowest BCUT2D eigenvalue weighted by molar-refractivity contribution is -0.305. The molecule has 10 heteroatoms. The predicted octanol–water partition coefficient (Wildman–Crippen LogP) is 9.33. The van der Waals surface area contributed by atoms with Gasteiger partial charge < -0.3 is 39.4 Å². The van der Waals surface area contributed by atoms with Gasteiger partial charge in [0, 0.05) is 12.8 Å². The topological polar surface area (TPSA) is 152 Å². The number of carbonyl (C=O) groups is 2. The van der Waals surface area contributed by atoms with Crippen LogP contribution in [0.5, 0.6) is 0 Å². The van der Waals surface area contributed by atoms with Crippen LogP contribution in [0, 0.1) is 0 Å². The molecule has 0 spiro atoms. The highest BCUT2D eigenvalue weighted by atomic mass is 16.7. The molecule has 6 atom stereocenters. The van der Waals surface area contributed by atoms with Crippen molar-refractivity contribution in [3.8, 4) is 0 Å². The Hall–Kier alpha value is -1.82. The molecule has 55 heavy (non-hydrogen) atoms. The van der Waals surface area contributed by atoms with E-state index in [0.717, 1.165) is 44.9 Å². The van der Waals surface area contributed by atoms with Gasteiger partial charge in [0.25, 0.3) is 0 Å².